The van der Waals surface area contributed by atoms with E-state index in [0.29, 0.717) is 11.8 Å². The van der Waals surface area contributed by atoms with Gasteiger partial charge in [0, 0.05) is 11.8 Å². The van der Waals surface area contributed by atoms with Gasteiger partial charge in [0.1, 0.15) is 0 Å². The first-order valence-corrected chi connectivity index (χ1v) is 4.27. The highest BCUT2D eigenvalue weighted by Gasteiger charge is 2.29. The van der Waals surface area contributed by atoms with Crippen LogP contribution in [-0.2, 0) is 0 Å². The van der Waals surface area contributed by atoms with Gasteiger partial charge >= 0.3 is 0 Å². The van der Waals surface area contributed by atoms with Crippen molar-refractivity contribution in [3.05, 3.63) is 23.5 Å². The number of carbonyl (C=O) groups excluding carboxylic acids is 2. The molecule has 0 saturated carbocycles. The Labute approximate surface area is 85.0 Å². The average Bonchev–Trinajstić information content (AvgIpc) is 2.48. The van der Waals surface area contributed by atoms with E-state index in [1.807, 2.05) is 0 Å². The van der Waals surface area contributed by atoms with E-state index in [0.717, 1.165) is 0 Å². The van der Waals surface area contributed by atoms with E-state index in [1.165, 1.54) is 19.2 Å². The van der Waals surface area contributed by atoms with Crippen LogP contribution in [-0.4, -0.2) is 21.4 Å². The van der Waals surface area contributed by atoms with Crippen LogP contribution in [0.15, 0.2) is 12.3 Å². The van der Waals surface area contributed by atoms with Gasteiger partial charge in [-0.25, -0.2) is 0 Å². The minimum absolute atomic E-state index is 0.231. The van der Waals surface area contributed by atoms with Crippen LogP contribution in [0.5, 0.6) is 0 Å². The van der Waals surface area contributed by atoms with Gasteiger partial charge in [0.2, 0.25) is 5.78 Å². The number of alkyl halides is 2. The second-order valence-corrected chi connectivity index (χ2v) is 4.39. The second kappa shape index (κ2) is 3.52. The number of H-pyrrole nitrogens is 1. The standard InChI is InChI=1S/C8H7Cl2NO2/c1-8(9,10)7(13)6-2-5(4-12)3-11-6/h2-4,11H,1H3. The fourth-order valence-corrected chi connectivity index (χ4v) is 1.05. The number of nitrogens with one attached hydrogen (secondary N) is 1. The Bertz CT molecular complexity index is 338. The highest BCUT2D eigenvalue weighted by atomic mass is 35.5. The van der Waals surface area contributed by atoms with Crippen LogP contribution >= 0.6 is 23.2 Å². The molecule has 1 rings (SSSR count). The van der Waals surface area contributed by atoms with E-state index in [2.05, 4.69) is 4.98 Å². The number of hydrogen-bond donors (Lipinski definition) is 1. The number of halogens is 2. The first-order chi connectivity index (χ1) is 5.95. The molecule has 0 aliphatic heterocycles. The lowest BCUT2D eigenvalue weighted by molar-refractivity contribution is 0.0974. The summed E-state index contributed by atoms with van der Waals surface area (Å²) >= 11 is 11.2. The molecule has 0 atom stereocenters. The average molecular weight is 220 g/mol. The summed E-state index contributed by atoms with van der Waals surface area (Å²) in [5, 5.41) is 0. The summed E-state index contributed by atoms with van der Waals surface area (Å²) in [6, 6.07) is 1.40. The van der Waals surface area contributed by atoms with Crippen LogP contribution in [0.2, 0.25) is 0 Å². The van der Waals surface area contributed by atoms with E-state index in [-0.39, 0.29) is 5.69 Å². The molecule has 0 amide bonds. The first kappa shape index (κ1) is 10.3. The number of Topliss-reactive ketones (excluding diaryl/α,β-unsaturated/α-hetero) is 1. The first-order valence-electron chi connectivity index (χ1n) is 3.51. The lowest BCUT2D eigenvalue weighted by atomic mass is 10.2. The lowest BCUT2D eigenvalue weighted by Crippen LogP contribution is -2.21. The summed E-state index contributed by atoms with van der Waals surface area (Å²) in [4.78, 5) is 24.3. The van der Waals surface area contributed by atoms with E-state index >= 15 is 0 Å². The maximum Gasteiger partial charge on any atom is 0.214 e. The number of aromatic nitrogens is 1. The van der Waals surface area contributed by atoms with Crippen LogP contribution in [0.4, 0.5) is 0 Å². The Morgan fingerprint density at radius 3 is 2.62 bits per heavy atom. The SMILES string of the molecule is CC(Cl)(Cl)C(=O)c1cc(C=O)c[nH]1. The van der Waals surface area contributed by atoms with E-state index in [9.17, 15) is 9.59 Å². The monoisotopic (exact) mass is 219 g/mol. The zero-order chi connectivity index (χ0) is 10.1. The van der Waals surface area contributed by atoms with Gasteiger partial charge in [-0.15, -0.1) is 0 Å². The Morgan fingerprint density at radius 1 is 1.62 bits per heavy atom. The zero-order valence-corrected chi connectivity index (χ0v) is 8.32. The molecule has 0 aromatic carbocycles. The number of aromatic amines is 1. The quantitative estimate of drug-likeness (QED) is 0.482. The molecule has 0 bridgehead atoms. The minimum atomic E-state index is -1.47. The van der Waals surface area contributed by atoms with Crippen LogP contribution in [0.3, 0.4) is 0 Å². The van der Waals surface area contributed by atoms with Crippen molar-refractivity contribution in [1.29, 1.82) is 0 Å². The van der Waals surface area contributed by atoms with Crippen molar-refractivity contribution in [1.82, 2.24) is 4.98 Å². The van der Waals surface area contributed by atoms with Gasteiger partial charge in [0.25, 0.3) is 0 Å². The molecule has 1 aromatic heterocycles. The molecule has 0 aliphatic carbocycles. The Morgan fingerprint density at radius 2 is 2.23 bits per heavy atom. The van der Waals surface area contributed by atoms with Crippen molar-refractivity contribution in [2.24, 2.45) is 0 Å². The van der Waals surface area contributed by atoms with Gasteiger partial charge in [-0.3, -0.25) is 9.59 Å². The highest BCUT2D eigenvalue weighted by molar-refractivity contribution is 6.59. The van der Waals surface area contributed by atoms with Crippen LogP contribution < -0.4 is 0 Å². The Hall–Kier alpha value is -0.800. The van der Waals surface area contributed by atoms with Gasteiger partial charge in [0.05, 0.1) is 5.69 Å². The fraction of sp³-hybridized carbons (Fsp3) is 0.250. The molecule has 13 heavy (non-hydrogen) atoms. The third-order valence-corrected chi connectivity index (χ3v) is 1.83. The third-order valence-electron chi connectivity index (χ3n) is 1.48. The molecular formula is C8H7Cl2NO2. The predicted molar refractivity (Wildman–Crippen MR) is 50.6 cm³/mol. The van der Waals surface area contributed by atoms with Crippen molar-refractivity contribution in [3.63, 3.8) is 0 Å². The van der Waals surface area contributed by atoms with Crippen molar-refractivity contribution in [3.8, 4) is 0 Å². The molecular weight excluding hydrogens is 213 g/mol. The highest BCUT2D eigenvalue weighted by Crippen LogP contribution is 2.24. The van der Waals surface area contributed by atoms with Gasteiger partial charge < -0.3 is 4.98 Å². The maximum absolute atomic E-state index is 11.4. The fourth-order valence-electron chi connectivity index (χ4n) is 0.847. The number of aldehydes is 1. The summed E-state index contributed by atoms with van der Waals surface area (Å²) < 4.78 is -1.47. The normalized spacial score (nSPS) is 11.3. The maximum atomic E-state index is 11.4. The third kappa shape index (κ3) is 2.32. The number of hydrogen-bond acceptors (Lipinski definition) is 2. The van der Waals surface area contributed by atoms with Gasteiger partial charge in [-0.1, -0.05) is 23.2 Å². The molecule has 0 aliphatic rings. The Kier molecular flexibility index (Phi) is 2.78. The molecule has 0 spiro atoms. The molecule has 5 heteroatoms. The molecule has 1 heterocycles. The molecule has 3 nitrogen and oxygen atoms in total. The molecule has 70 valence electrons. The van der Waals surface area contributed by atoms with Crippen molar-refractivity contribution >= 4 is 35.3 Å². The summed E-state index contributed by atoms with van der Waals surface area (Å²) in [5.41, 5.74) is 0.621. The lowest BCUT2D eigenvalue weighted by Gasteiger charge is -2.09. The van der Waals surface area contributed by atoms with E-state index < -0.39 is 10.1 Å². The van der Waals surface area contributed by atoms with E-state index in [4.69, 9.17) is 23.2 Å². The van der Waals surface area contributed by atoms with Crippen molar-refractivity contribution < 1.29 is 9.59 Å². The Balaban J connectivity index is 2.96. The molecule has 0 fully saturated rings. The smallest absolute Gasteiger partial charge is 0.214 e. The van der Waals surface area contributed by atoms with Crippen molar-refractivity contribution in [2.45, 2.75) is 11.3 Å². The van der Waals surface area contributed by atoms with Crippen LogP contribution in [0.1, 0.15) is 27.8 Å². The summed E-state index contributed by atoms with van der Waals surface area (Å²) in [6.45, 7) is 1.37. The van der Waals surface area contributed by atoms with Gasteiger partial charge in [-0.2, -0.15) is 0 Å². The second-order valence-electron chi connectivity index (χ2n) is 2.68. The van der Waals surface area contributed by atoms with Gasteiger partial charge in [-0.05, 0) is 13.0 Å². The number of rotatable bonds is 3. The molecule has 0 unspecified atom stereocenters. The molecule has 1 aromatic rings. The largest absolute Gasteiger partial charge is 0.358 e. The predicted octanol–water partition coefficient (Wildman–Crippen LogP) is 2.20. The van der Waals surface area contributed by atoms with Crippen molar-refractivity contribution in [2.75, 3.05) is 0 Å². The van der Waals surface area contributed by atoms with Gasteiger partial charge in [0.15, 0.2) is 10.6 Å². The molecule has 1 N–H and O–H groups in total. The topological polar surface area (TPSA) is 49.9 Å². The molecule has 0 radical (unpaired) electrons. The summed E-state index contributed by atoms with van der Waals surface area (Å²) in [7, 11) is 0. The van der Waals surface area contributed by atoms with E-state index in [1.54, 1.807) is 0 Å². The number of ketones is 1. The van der Waals surface area contributed by atoms with Crippen LogP contribution in [0, 0.1) is 0 Å². The van der Waals surface area contributed by atoms with Crippen LogP contribution in [0.25, 0.3) is 0 Å². The summed E-state index contributed by atoms with van der Waals surface area (Å²) in [5.74, 6) is -0.455. The zero-order valence-electron chi connectivity index (χ0n) is 6.80. The summed E-state index contributed by atoms with van der Waals surface area (Å²) in [6.07, 6.45) is 2.05. The number of carbonyl (C=O) groups is 2. The molecule has 0 saturated heterocycles. The minimum Gasteiger partial charge on any atom is -0.358 e.